The fourth-order valence-corrected chi connectivity index (χ4v) is 2.96. The van der Waals surface area contributed by atoms with Crippen molar-refractivity contribution >= 4 is 16.6 Å². The lowest BCUT2D eigenvalue weighted by molar-refractivity contribution is 0.310. The highest BCUT2D eigenvalue weighted by atomic mass is 16.5. The summed E-state index contributed by atoms with van der Waals surface area (Å²) in [6, 6.07) is 11.3. The molecule has 3 rings (SSSR count). The second kappa shape index (κ2) is 6.84. The number of benzene rings is 2. The van der Waals surface area contributed by atoms with Gasteiger partial charge in [0.15, 0.2) is 17.2 Å². The normalized spacial score (nSPS) is 10.8. The van der Waals surface area contributed by atoms with Crippen LogP contribution in [0.3, 0.4) is 0 Å². The summed E-state index contributed by atoms with van der Waals surface area (Å²) in [6.07, 6.45) is 0. The number of aryl methyl sites for hydroxylation is 1. The van der Waals surface area contributed by atoms with E-state index in [2.05, 4.69) is 5.18 Å². The maximum Gasteiger partial charge on any atom is 0.222 e. The Hall–Kier alpha value is -3.02. The van der Waals surface area contributed by atoms with Gasteiger partial charge in [-0.3, -0.25) is 0 Å². The summed E-state index contributed by atoms with van der Waals surface area (Å²) >= 11 is 0. The fraction of sp³-hybridized carbons (Fsp3) is 0.263. The number of methoxy groups -OCH3 is 1. The first kappa shape index (κ1) is 16.8. The molecule has 0 aliphatic rings. The molecule has 1 aromatic heterocycles. The van der Waals surface area contributed by atoms with E-state index in [1.165, 1.54) is 0 Å². The molecule has 0 aliphatic heterocycles. The third-order valence-electron chi connectivity index (χ3n) is 4.13. The molecule has 0 unspecified atom stereocenters. The Bertz CT molecular complexity index is 931. The van der Waals surface area contributed by atoms with E-state index in [-0.39, 0.29) is 11.6 Å². The standard InChI is InChI=1S/C19H20N2O4/c1-4-25-16-8-6-13(10-17(16)24-3)11-21-15-7-5-12(2)9-14(15)18(20-23)19(21)22/h5-10,22H,4,11H2,1-3H3. The topological polar surface area (TPSA) is 73.0 Å². The van der Waals surface area contributed by atoms with Gasteiger partial charge in [0.1, 0.15) is 0 Å². The van der Waals surface area contributed by atoms with Gasteiger partial charge in [-0.2, -0.15) is 0 Å². The predicted molar refractivity (Wildman–Crippen MR) is 97.1 cm³/mol. The van der Waals surface area contributed by atoms with Gasteiger partial charge >= 0.3 is 0 Å². The second-order valence-electron chi connectivity index (χ2n) is 5.79. The Morgan fingerprint density at radius 2 is 1.96 bits per heavy atom. The molecule has 1 heterocycles. The third kappa shape index (κ3) is 3.03. The number of nitrogens with zero attached hydrogens (tertiary/aromatic N) is 2. The van der Waals surface area contributed by atoms with Crippen LogP contribution in [0.15, 0.2) is 41.6 Å². The zero-order valence-corrected chi connectivity index (χ0v) is 14.4. The molecular weight excluding hydrogens is 320 g/mol. The number of aromatic nitrogens is 1. The minimum atomic E-state index is -0.136. The average molecular weight is 340 g/mol. The number of nitroso groups, excluding NO2 is 1. The van der Waals surface area contributed by atoms with Crippen molar-refractivity contribution in [3.63, 3.8) is 0 Å². The summed E-state index contributed by atoms with van der Waals surface area (Å²) < 4.78 is 12.6. The van der Waals surface area contributed by atoms with Gasteiger partial charge < -0.3 is 19.1 Å². The molecule has 1 N–H and O–H groups in total. The number of aromatic hydroxyl groups is 1. The number of rotatable bonds is 6. The molecular formula is C19H20N2O4. The zero-order chi connectivity index (χ0) is 18.0. The van der Waals surface area contributed by atoms with Crippen molar-refractivity contribution in [2.45, 2.75) is 20.4 Å². The summed E-state index contributed by atoms with van der Waals surface area (Å²) in [5.74, 6) is 1.16. The Morgan fingerprint density at radius 3 is 2.64 bits per heavy atom. The van der Waals surface area contributed by atoms with Gasteiger partial charge in [0, 0.05) is 5.39 Å². The molecule has 2 aromatic carbocycles. The molecule has 25 heavy (non-hydrogen) atoms. The van der Waals surface area contributed by atoms with Crippen LogP contribution < -0.4 is 9.47 Å². The zero-order valence-electron chi connectivity index (χ0n) is 14.4. The van der Waals surface area contributed by atoms with E-state index in [0.29, 0.717) is 30.0 Å². The summed E-state index contributed by atoms with van der Waals surface area (Å²) in [6.45, 7) is 4.77. The summed E-state index contributed by atoms with van der Waals surface area (Å²) in [4.78, 5) is 11.2. The minimum Gasteiger partial charge on any atom is -0.493 e. The largest absolute Gasteiger partial charge is 0.493 e. The molecule has 0 fully saturated rings. The van der Waals surface area contributed by atoms with Gasteiger partial charge in [-0.15, -0.1) is 4.91 Å². The summed E-state index contributed by atoms with van der Waals surface area (Å²) in [7, 11) is 1.58. The van der Waals surface area contributed by atoms with E-state index >= 15 is 0 Å². The van der Waals surface area contributed by atoms with E-state index in [4.69, 9.17) is 9.47 Å². The van der Waals surface area contributed by atoms with Crippen molar-refractivity contribution in [3.8, 4) is 17.4 Å². The highest BCUT2D eigenvalue weighted by Crippen LogP contribution is 2.39. The third-order valence-corrected chi connectivity index (χ3v) is 4.13. The molecule has 6 heteroatoms. The monoisotopic (exact) mass is 340 g/mol. The quantitative estimate of drug-likeness (QED) is 0.670. The highest BCUT2D eigenvalue weighted by Gasteiger charge is 2.18. The molecule has 0 saturated carbocycles. The number of hydrogen-bond donors (Lipinski definition) is 1. The molecule has 0 radical (unpaired) electrons. The van der Waals surface area contributed by atoms with E-state index in [1.807, 2.05) is 50.2 Å². The van der Waals surface area contributed by atoms with E-state index in [1.54, 1.807) is 11.7 Å². The Balaban J connectivity index is 2.06. The number of hydrogen-bond acceptors (Lipinski definition) is 5. The Kier molecular flexibility index (Phi) is 4.61. The molecule has 3 aromatic rings. The van der Waals surface area contributed by atoms with Gasteiger partial charge in [-0.25, -0.2) is 0 Å². The van der Waals surface area contributed by atoms with Crippen molar-refractivity contribution in [1.82, 2.24) is 4.57 Å². The molecule has 0 atom stereocenters. The fourth-order valence-electron chi connectivity index (χ4n) is 2.96. The predicted octanol–water partition coefficient (Wildman–Crippen LogP) is 4.51. The summed E-state index contributed by atoms with van der Waals surface area (Å²) in [5, 5.41) is 14.1. The SMILES string of the molecule is CCOc1ccc(Cn2c(O)c(N=O)c3cc(C)ccc32)cc1OC. The van der Waals surface area contributed by atoms with Crippen LogP contribution in [0, 0.1) is 11.8 Å². The molecule has 6 nitrogen and oxygen atoms in total. The first-order valence-corrected chi connectivity index (χ1v) is 8.04. The van der Waals surface area contributed by atoms with E-state index < -0.39 is 0 Å². The van der Waals surface area contributed by atoms with Crippen LogP contribution in [0.5, 0.6) is 17.4 Å². The first-order chi connectivity index (χ1) is 12.1. The summed E-state index contributed by atoms with van der Waals surface area (Å²) in [5.41, 5.74) is 2.73. The van der Waals surface area contributed by atoms with Gasteiger partial charge in [0.2, 0.25) is 5.88 Å². The van der Waals surface area contributed by atoms with Crippen LogP contribution in [0.2, 0.25) is 0 Å². The van der Waals surface area contributed by atoms with Crippen LogP contribution in [0.25, 0.3) is 10.9 Å². The van der Waals surface area contributed by atoms with Crippen molar-refractivity contribution in [2.75, 3.05) is 13.7 Å². The van der Waals surface area contributed by atoms with Gasteiger partial charge in [0.25, 0.3) is 0 Å². The maximum absolute atomic E-state index is 11.2. The van der Waals surface area contributed by atoms with Crippen LogP contribution in [-0.4, -0.2) is 23.4 Å². The molecule has 0 saturated heterocycles. The molecule has 0 amide bonds. The minimum absolute atomic E-state index is 0.0663. The van der Waals surface area contributed by atoms with Gasteiger partial charge in [0.05, 0.1) is 25.8 Å². The number of fused-ring (bicyclic) bond motifs is 1. The van der Waals surface area contributed by atoms with Crippen molar-refractivity contribution in [1.29, 1.82) is 0 Å². The smallest absolute Gasteiger partial charge is 0.222 e. The van der Waals surface area contributed by atoms with Crippen LogP contribution in [0.1, 0.15) is 18.1 Å². The highest BCUT2D eigenvalue weighted by molar-refractivity contribution is 5.95. The van der Waals surface area contributed by atoms with E-state index in [9.17, 15) is 10.0 Å². The Labute approximate surface area is 145 Å². The number of ether oxygens (including phenoxy) is 2. The van der Waals surface area contributed by atoms with Crippen LogP contribution in [-0.2, 0) is 6.54 Å². The van der Waals surface area contributed by atoms with Gasteiger partial charge in [-0.1, -0.05) is 17.7 Å². The molecule has 130 valence electrons. The molecule has 0 aliphatic carbocycles. The van der Waals surface area contributed by atoms with Crippen molar-refractivity contribution in [2.24, 2.45) is 5.18 Å². The van der Waals surface area contributed by atoms with Gasteiger partial charge in [-0.05, 0) is 48.9 Å². The van der Waals surface area contributed by atoms with E-state index in [0.717, 1.165) is 16.6 Å². The lowest BCUT2D eigenvalue weighted by Gasteiger charge is -2.12. The Morgan fingerprint density at radius 1 is 1.16 bits per heavy atom. The lowest BCUT2D eigenvalue weighted by atomic mass is 10.1. The molecule has 0 bridgehead atoms. The van der Waals surface area contributed by atoms with Crippen molar-refractivity contribution in [3.05, 3.63) is 52.4 Å². The average Bonchev–Trinajstić information content (AvgIpc) is 2.87. The van der Waals surface area contributed by atoms with Crippen molar-refractivity contribution < 1.29 is 14.6 Å². The van der Waals surface area contributed by atoms with Crippen LogP contribution >= 0.6 is 0 Å². The molecule has 0 spiro atoms. The lowest BCUT2D eigenvalue weighted by Crippen LogP contribution is -2.01. The van der Waals surface area contributed by atoms with Crippen LogP contribution in [0.4, 0.5) is 5.69 Å². The first-order valence-electron chi connectivity index (χ1n) is 8.04. The maximum atomic E-state index is 11.2. The second-order valence-corrected chi connectivity index (χ2v) is 5.79.